The number of nitrogens with zero attached hydrogens (tertiary/aromatic N) is 1. The van der Waals surface area contributed by atoms with E-state index in [1.54, 1.807) is 6.07 Å². The van der Waals surface area contributed by atoms with E-state index in [0.717, 1.165) is 15.8 Å². The van der Waals surface area contributed by atoms with Crippen molar-refractivity contribution >= 4 is 15.9 Å². The van der Waals surface area contributed by atoms with Crippen LogP contribution < -0.4 is 4.74 Å². The highest BCUT2D eigenvalue weighted by atomic mass is 79.9. The minimum absolute atomic E-state index is 0.512. The van der Waals surface area contributed by atoms with Gasteiger partial charge < -0.3 is 4.74 Å². The first-order valence-electron chi connectivity index (χ1n) is 5.56. The molecular formula is C15H12BrNO. The van der Waals surface area contributed by atoms with Gasteiger partial charge in [-0.3, -0.25) is 0 Å². The molecule has 0 unspecified atom stereocenters. The van der Waals surface area contributed by atoms with Crippen molar-refractivity contribution in [3.8, 4) is 17.6 Å². The Morgan fingerprint density at radius 1 is 1.06 bits per heavy atom. The highest BCUT2D eigenvalue weighted by molar-refractivity contribution is 9.10. The van der Waals surface area contributed by atoms with Crippen LogP contribution >= 0.6 is 15.9 Å². The lowest BCUT2D eigenvalue weighted by atomic mass is 10.1. The largest absolute Gasteiger partial charge is 0.456 e. The number of aryl methyl sites for hydroxylation is 1. The van der Waals surface area contributed by atoms with E-state index in [1.807, 2.05) is 44.2 Å². The second-order valence-electron chi connectivity index (χ2n) is 4.02. The topological polar surface area (TPSA) is 33.0 Å². The van der Waals surface area contributed by atoms with E-state index in [4.69, 9.17) is 10.00 Å². The predicted octanol–water partition coefficient (Wildman–Crippen LogP) is 4.73. The van der Waals surface area contributed by atoms with Crippen molar-refractivity contribution in [1.82, 2.24) is 0 Å². The fraction of sp³-hybridized carbons (Fsp3) is 0.133. The fourth-order valence-corrected chi connectivity index (χ4v) is 2.09. The zero-order chi connectivity index (χ0) is 13.1. The van der Waals surface area contributed by atoms with Crippen molar-refractivity contribution in [3.05, 3.63) is 57.6 Å². The van der Waals surface area contributed by atoms with Crippen LogP contribution in [0.4, 0.5) is 0 Å². The summed E-state index contributed by atoms with van der Waals surface area (Å²) in [5.74, 6) is 1.35. The molecular weight excluding hydrogens is 290 g/mol. The molecule has 0 saturated carbocycles. The lowest BCUT2D eigenvalue weighted by Gasteiger charge is -2.12. The van der Waals surface area contributed by atoms with Gasteiger partial charge >= 0.3 is 0 Å². The quantitative estimate of drug-likeness (QED) is 0.803. The second-order valence-corrected chi connectivity index (χ2v) is 4.88. The van der Waals surface area contributed by atoms with Crippen molar-refractivity contribution in [1.29, 1.82) is 5.26 Å². The molecule has 0 spiro atoms. The molecule has 3 heteroatoms. The van der Waals surface area contributed by atoms with Crippen molar-refractivity contribution in [2.24, 2.45) is 0 Å². The van der Waals surface area contributed by atoms with Crippen molar-refractivity contribution in [2.75, 3.05) is 0 Å². The van der Waals surface area contributed by atoms with E-state index < -0.39 is 0 Å². The number of ether oxygens (including phenoxy) is 1. The summed E-state index contributed by atoms with van der Waals surface area (Å²) in [6, 6.07) is 13.5. The van der Waals surface area contributed by atoms with Crippen LogP contribution in [0, 0.1) is 25.2 Å². The lowest BCUT2D eigenvalue weighted by molar-refractivity contribution is 0.476. The van der Waals surface area contributed by atoms with Crippen LogP contribution in [0.3, 0.4) is 0 Å². The highest BCUT2D eigenvalue weighted by Crippen LogP contribution is 2.32. The lowest BCUT2D eigenvalue weighted by Crippen LogP contribution is -1.92. The molecule has 0 amide bonds. The van der Waals surface area contributed by atoms with Gasteiger partial charge in [-0.1, -0.05) is 18.2 Å². The predicted molar refractivity (Wildman–Crippen MR) is 74.8 cm³/mol. The van der Waals surface area contributed by atoms with Gasteiger partial charge in [-0.05, 0) is 59.1 Å². The summed E-state index contributed by atoms with van der Waals surface area (Å²) >= 11 is 3.35. The molecule has 0 aromatic heterocycles. The standard InChI is InChI=1S/C15H12BrNO/c1-10-5-3-7-14(11(10)2)18-15-8-4-6-13(16)12(15)9-17/h3-8H,1-2H3. The normalized spacial score (nSPS) is 9.89. The molecule has 18 heavy (non-hydrogen) atoms. The Hall–Kier alpha value is -1.79. The van der Waals surface area contributed by atoms with Gasteiger partial charge in [0.25, 0.3) is 0 Å². The molecule has 0 aliphatic rings. The van der Waals surface area contributed by atoms with E-state index in [1.165, 1.54) is 5.56 Å². The third-order valence-electron chi connectivity index (χ3n) is 2.86. The number of nitriles is 1. The van der Waals surface area contributed by atoms with Gasteiger partial charge in [-0.25, -0.2) is 0 Å². The van der Waals surface area contributed by atoms with Crippen LogP contribution in [0.5, 0.6) is 11.5 Å². The summed E-state index contributed by atoms with van der Waals surface area (Å²) in [6.45, 7) is 4.04. The summed E-state index contributed by atoms with van der Waals surface area (Å²) in [7, 11) is 0. The molecule has 0 fully saturated rings. The van der Waals surface area contributed by atoms with E-state index in [2.05, 4.69) is 22.0 Å². The Balaban J connectivity index is 2.44. The summed E-state index contributed by atoms with van der Waals surface area (Å²) in [6.07, 6.45) is 0. The molecule has 90 valence electrons. The molecule has 2 nitrogen and oxygen atoms in total. The van der Waals surface area contributed by atoms with Crippen molar-refractivity contribution in [2.45, 2.75) is 13.8 Å². The monoisotopic (exact) mass is 301 g/mol. The molecule has 0 atom stereocenters. The Kier molecular flexibility index (Phi) is 3.69. The highest BCUT2D eigenvalue weighted by Gasteiger charge is 2.10. The molecule has 0 heterocycles. The van der Waals surface area contributed by atoms with Gasteiger partial charge in [0.2, 0.25) is 0 Å². The summed E-state index contributed by atoms with van der Waals surface area (Å²) in [5.41, 5.74) is 2.76. The van der Waals surface area contributed by atoms with E-state index in [9.17, 15) is 0 Å². The molecule has 0 aliphatic heterocycles. The molecule has 0 aliphatic carbocycles. The Morgan fingerprint density at radius 2 is 1.72 bits per heavy atom. The minimum Gasteiger partial charge on any atom is -0.456 e. The van der Waals surface area contributed by atoms with Crippen LogP contribution in [0.1, 0.15) is 16.7 Å². The van der Waals surface area contributed by atoms with Crippen molar-refractivity contribution < 1.29 is 4.74 Å². The van der Waals surface area contributed by atoms with Gasteiger partial charge in [-0.15, -0.1) is 0 Å². The maximum atomic E-state index is 9.14. The Bertz CT molecular complexity index is 629. The molecule has 2 aromatic carbocycles. The summed E-state index contributed by atoms with van der Waals surface area (Å²) in [4.78, 5) is 0. The first kappa shape index (κ1) is 12.7. The van der Waals surface area contributed by atoms with Crippen LogP contribution in [0.2, 0.25) is 0 Å². The second kappa shape index (κ2) is 5.24. The van der Waals surface area contributed by atoms with Gasteiger partial charge in [0, 0.05) is 4.47 Å². The SMILES string of the molecule is Cc1cccc(Oc2cccc(Br)c2C#N)c1C. The van der Waals surface area contributed by atoms with Crippen molar-refractivity contribution in [3.63, 3.8) is 0 Å². The molecule has 0 N–H and O–H groups in total. The van der Waals surface area contributed by atoms with Gasteiger partial charge in [-0.2, -0.15) is 5.26 Å². The van der Waals surface area contributed by atoms with E-state index in [0.29, 0.717) is 11.3 Å². The first-order chi connectivity index (χ1) is 8.63. The molecule has 0 bridgehead atoms. The fourth-order valence-electron chi connectivity index (χ4n) is 1.65. The number of hydrogen-bond acceptors (Lipinski definition) is 2. The maximum absolute atomic E-state index is 9.14. The van der Waals surface area contributed by atoms with E-state index in [-0.39, 0.29) is 0 Å². The maximum Gasteiger partial charge on any atom is 0.146 e. The first-order valence-corrected chi connectivity index (χ1v) is 6.35. The zero-order valence-corrected chi connectivity index (χ0v) is 11.8. The minimum atomic E-state index is 0.512. The number of hydrogen-bond donors (Lipinski definition) is 0. The molecule has 2 rings (SSSR count). The number of rotatable bonds is 2. The van der Waals surface area contributed by atoms with Crippen LogP contribution in [-0.2, 0) is 0 Å². The smallest absolute Gasteiger partial charge is 0.146 e. The average Bonchev–Trinajstić information content (AvgIpc) is 2.35. The van der Waals surface area contributed by atoms with Gasteiger partial charge in [0.15, 0.2) is 0 Å². The third kappa shape index (κ3) is 2.39. The number of halogens is 1. The Morgan fingerprint density at radius 3 is 2.44 bits per heavy atom. The average molecular weight is 302 g/mol. The summed E-state index contributed by atoms with van der Waals surface area (Å²) in [5, 5.41) is 9.14. The number of benzene rings is 2. The zero-order valence-electron chi connectivity index (χ0n) is 10.2. The van der Waals surface area contributed by atoms with Gasteiger partial charge in [0.1, 0.15) is 23.1 Å². The molecule has 2 aromatic rings. The van der Waals surface area contributed by atoms with Gasteiger partial charge in [0.05, 0.1) is 0 Å². The summed E-state index contributed by atoms with van der Waals surface area (Å²) < 4.78 is 6.58. The molecule has 0 saturated heterocycles. The third-order valence-corrected chi connectivity index (χ3v) is 3.52. The van der Waals surface area contributed by atoms with Crippen LogP contribution in [0.15, 0.2) is 40.9 Å². The molecule has 0 radical (unpaired) electrons. The van der Waals surface area contributed by atoms with Crippen LogP contribution in [-0.4, -0.2) is 0 Å². The Labute approximate surface area is 115 Å². The van der Waals surface area contributed by atoms with Crippen LogP contribution in [0.25, 0.3) is 0 Å². The van der Waals surface area contributed by atoms with E-state index >= 15 is 0 Å².